The predicted octanol–water partition coefficient (Wildman–Crippen LogP) is 3.06. The maximum atomic E-state index is 13.0. The average Bonchev–Trinajstić information content (AvgIpc) is 3.01. The normalized spacial score (nSPS) is 17.2. The third kappa shape index (κ3) is 2.95. The highest BCUT2D eigenvalue weighted by molar-refractivity contribution is 5.35. The van der Waals surface area contributed by atoms with Crippen LogP contribution in [0.3, 0.4) is 0 Å². The summed E-state index contributed by atoms with van der Waals surface area (Å²) in [5.41, 5.74) is 0.650. The van der Waals surface area contributed by atoms with Crippen molar-refractivity contribution in [2.24, 2.45) is 5.92 Å². The second kappa shape index (κ2) is 4.83. The van der Waals surface area contributed by atoms with Crippen LogP contribution in [0.1, 0.15) is 37.9 Å². The van der Waals surface area contributed by atoms with E-state index in [0.29, 0.717) is 17.9 Å². The summed E-state index contributed by atoms with van der Waals surface area (Å²) in [7, 11) is 0. The van der Waals surface area contributed by atoms with Gasteiger partial charge in [0.2, 0.25) is 0 Å². The molecule has 1 aromatic carbocycles. The van der Waals surface area contributed by atoms with Crippen molar-refractivity contribution in [1.82, 2.24) is 0 Å². The first kappa shape index (κ1) is 11.4. The Labute approximate surface area is 95.1 Å². The maximum Gasteiger partial charge on any atom is 0.127 e. The van der Waals surface area contributed by atoms with Crippen LogP contribution in [0.2, 0.25) is 0 Å². The van der Waals surface area contributed by atoms with Crippen molar-refractivity contribution in [3.05, 3.63) is 29.6 Å². The smallest absolute Gasteiger partial charge is 0.127 e. The number of rotatable bonds is 5. The highest BCUT2D eigenvalue weighted by atomic mass is 19.1. The second-order valence-electron chi connectivity index (χ2n) is 4.44. The fourth-order valence-electron chi connectivity index (χ4n) is 1.72. The van der Waals surface area contributed by atoms with Gasteiger partial charge in [0.15, 0.2) is 0 Å². The summed E-state index contributed by atoms with van der Waals surface area (Å²) in [5.74, 6) is 0.935. The van der Waals surface area contributed by atoms with Gasteiger partial charge in [0.1, 0.15) is 11.6 Å². The zero-order valence-corrected chi connectivity index (χ0v) is 9.45. The molecule has 0 aromatic heterocycles. The van der Waals surface area contributed by atoms with Crippen LogP contribution in [0, 0.1) is 11.7 Å². The molecule has 88 valence electrons. The van der Waals surface area contributed by atoms with Crippen LogP contribution < -0.4 is 4.74 Å². The summed E-state index contributed by atoms with van der Waals surface area (Å²) in [6.07, 6.45) is 2.97. The molecule has 0 radical (unpaired) electrons. The van der Waals surface area contributed by atoms with E-state index >= 15 is 0 Å². The SMILES string of the molecule is C[C@@H](O)c1ccc(F)cc1OCCC1CC1. The van der Waals surface area contributed by atoms with Crippen LogP contribution in [0.4, 0.5) is 4.39 Å². The molecular formula is C13H17FO2. The minimum absolute atomic E-state index is 0.328. The molecular weight excluding hydrogens is 207 g/mol. The Morgan fingerprint density at radius 2 is 2.25 bits per heavy atom. The van der Waals surface area contributed by atoms with Gasteiger partial charge in [-0.15, -0.1) is 0 Å². The Morgan fingerprint density at radius 3 is 2.88 bits per heavy atom. The van der Waals surface area contributed by atoms with Gasteiger partial charge in [0, 0.05) is 11.6 Å². The van der Waals surface area contributed by atoms with E-state index < -0.39 is 6.10 Å². The molecule has 0 amide bonds. The lowest BCUT2D eigenvalue weighted by molar-refractivity contribution is 0.190. The van der Waals surface area contributed by atoms with Crippen molar-refractivity contribution in [2.75, 3.05) is 6.61 Å². The van der Waals surface area contributed by atoms with Gasteiger partial charge in [-0.05, 0) is 31.4 Å². The molecule has 0 spiro atoms. The summed E-state index contributed by atoms with van der Waals surface area (Å²) in [5, 5.41) is 9.51. The lowest BCUT2D eigenvalue weighted by Crippen LogP contribution is -2.03. The minimum Gasteiger partial charge on any atom is -0.493 e. The molecule has 2 nitrogen and oxygen atoms in total. The van der Waals surface area contributed by atoms with Crippen LogP contribution in [0.5, 0.6) is 5.75 Å². The van der Waals surface area contributed by atoms with Gasteiger partial charge in [-0.3, -0.25) is 0 Å². The van der Waals surface area contributed by atoms with Gasteiger partial charge in [-0.25, -0.2) is 4.39 Å². The molecule has 0 saturated heterocycles. The predicted molar refractivity (Wildman–Crippen MR) is 59.9 cm³/mol. The number of aliphatic hydroxyl groups excluding tert-OH is 1. The molecule has 0 aliphatic heterocycles. The Morgan fingerprint density at radius 1 is 1.50 bits per heavy atom. The Hall–Kier alpha value is -1.09. The molecule has 1 aliphatic carbocycles. The van der Waals surface area contributed by atoms with Crippen LogP contribution in [0.15, 0.2) is 18.2 Å². The first-order chi connectivity index (χ1) is 7.66. The minimum atomic E-state index is -0.628. The van der Waals surface area contributed by atoms with Crippen molar-refractivity contribution < 1.29 is 14.2 Å². The fraction of sp³-hybridized carbons (Fsp3) is 0.538. The van der Waals surface area contributed by atoms with E-state index in [4.69, 9.17) is 4.74 Å². The molecule has 0 heterocycles. The molecule has 1 N–H and O–H groups in total. The van der Waals surface area contributed by atoms with Crippen molar-refractivity contribution in [1.29, 1.82) is 0 Å². The number of hydrogen-bond acceptors (Lipinski definition) is 2. The molecule has 1 aromatic rings. The zero-order valence-electron chi connectivity index (χ0n) is 9.45. The van der Waals surface area contributed by atoms with E-state index in [1.165, 1.54) is 25.0 Å². The topological polar surface area (TPSA) is 29.5 Å². The van der Waals surface area contributed by atoms with Gasteiger partial charge < -0.3 is 9.84 Å². The highest BCUT2D eigenvalue weighted by Gasteiger charge is 2.21. The Bertz CT molecular complexity index is 359. The van der Waals surface area contributed by atoms with E-state index in [2.05, 4.69) is 0 Å². The summed E-state index contributed by atoms with van der Waals surface area (Å²) < 4.78 is 18.6. The zero-order chi connectivity index (χ0) is 11.5. The third-order valence-electron chi connectivity index (χ3n) is 2.91. The van der Waals surface area contributed by atoms with Crippen LogP contribution in [-0.2, 0) is 0 Å². The van der Waals surface area contributed by atoms with E-state index in [1.807, 2.05) is 0 Å². The van der Waals surface area contributed by atoms with Gasteiger partial charge in [-0.1, -0.05) is 12.8 Å². The molecule has 3 heteroatoms. The third-order valence-corrected chi connectivity index (χ3v) is 2.91. The number of aliphatic hydroxyl groups is 1. The average molecular weight is 224 g/mol. The molecule has 1 saturated carbocycles. The fourth-order valence-corrected chi connectivity index (χ4v) is 1.72. The largest absolute Gasteiger partial charge is 0.493 e. The summed E-state index contributed by atoms with van der Waals surface area (Å²) >= 11 is 0. The number of benzene rings is 1. The highest BCUT2D eigenvalue weighted by Crippen LogP contribution is 2.33. The number of ether oxygens (including phenoxy) is 1. The Balaban J connectivity index is 2.00. The van der Waals surface area contributed by atoms with E-state index in [-0.39, 0.29) is 5.82 Å². The van der Waals surface area contributed by atoms with Crippen molar-refractivity contribution >= 4 is 0 Å². The molecule has 2 rings (SSSR count). The molecule has 1 atom stereocenters. The molecule has 1 aliphatic rings. The van der Waals surface area contributed by atoms with Gasteiger partial charge in [0.05, 0.1) is 12.7 Å². The van der Waals surface area contributed by atoms with E-state index in [1.54, 1.807) is 13.0 Å². The summed E-state index contributed by atoms with van der Waals surface area (Å²) in [6.45, 7) is 2.26. The van der Waals surface area contributed by atoms with Crippen LogP contribution in [-0.4, -0.2) is 11.7 Å². The van der Waals surface area contributed by atoms with Crippen molar-refractivity contribution in [3.63, 3.8) is 0 Å². The monoisotopic (exact) mass is 224 g/mol. The van der Waals surface area contributed by atoms with Crippen LogP contribution >= 0.6 is 0 Å². The molecule has 0 unspecified atom stereocenters. The first-order valence-corrected chi connectivity index (χ1v) is 5.77. The Kier molecular flexibility index (Phi) is 3.44. The van der Waals surface area contributed by atoms with E-state index in [0.717, 1.165) is 12.3 Å². The number of halogens is 1. The lowest BCUT2D eigenvalue weighted by atomic mass is 10.1. The molecule has 16 heavy (non-hydrogen) atoms. The lowest BCUT2D eigenvalue weighted by Gasteiger charge is -2.13. The molecule has 0 bridgehead atoms. The van der Waals surface area contributed by atoms with Gasteiger partial charge in [-0.2, -0.15) is 0 Å². The number of hydrogen-bond donors (Lipinski definition) is 1. The van der Waals surface area contributed by atoms with Gasteiger partial charge >= 0.3 is 0 Å². The first-order valence-electron chi connectivity index (χ1n) is 5.77. The van der Waals surface area contributed by atoms with E-state index in [9.17, 15) is 9.50 Å². The van der Waals surface area contributed by atoms with Gasteiger partial charge in [0.25, 0.3) is 0 Å². The van der Waals surface area contributed by atoms with Crippen molar-refractivity contribution in [2.45, 2.75) is 32.3 Å². The van der Waals surface area contributed by atoms with Crippen molar-refractivity contribution in [3.8, 4) is 5.75 Å². The van der Waals surface area contributed by atoms with Crippen LogP contribution in [0.25, 0.3) is 0 Å². The summed E-state index contributed by atoms with van der Waals surface area (Å²) in [6, 6.07) is 4.26. The quantitative estimate of drug-likeness (QED) is 0.833. The summed E-state index contributed by atoms with van der Waals surface area (Å²) in [4.78, 5) is 0. The maximum absolute atomic E-state index is 13.0. The second-order valence-corrected chi connectivity index (χ2v) is 4.44. The standard InChI is InChI=1S/C13H17FO2/c1-9(15)12-5-4-11(14)8-13(12)16-7-6-10-2-3-10/h4-5,8-10,15H,2-3,6-7H2,1H3/t9-/m1/s1. The molecule has 1 fully saturated rings.